The quantitative estimate of drug-likeness (QED) is 0.427. The number of nitrogens with zero attached hydrogens (tertiary/aromatic N) is 2. The van der Waals surface area contributed by atoms with Crippen LogP contribution >= 0.6 is 22.9 Å². The normalized spacial score (nSPS) is 10.4. The van der Waals surface area contributed by atoms with Crippen molar-refractivity contribution in [1.29, 1.82) is 0 Å². The maximum absolute atomic E-state index is 5.67. The summed E-state index contributed by atoms with van der Waals surface area (Å²) in [5.41, 5.74) is 10.1. The van der Waals surface area contributed by atoms with Crippen LogP contribution in [0.3, 0.4) is 0 Å². The first-order valence-corrected chi connectivity index (χ1v) is 4.25. The first-order chi connectivity index (χ1) is 5.68. The highest BCUT2D eigenvalue weighted by Crippen LogP contribution is 2.19. The number of hydrogen-bond donors (Lipinski definition) is 2. The van der Waals surface area contributed by atoms with Gasteiger partial charge in [-0.15, -0.1) is 16.4 Å². The van der Waals surface area contributed by atoms with Gasteiger partial charge in [0.05, 0.1) is 10.6 Å². The standard InChI is InChI=1S/C6H7ClN4S/c7-5-2-1-4(12-5)3-10-11-6(8)9/h1-3H,(H4,8,9,11). The monoisotopic (exact) mass is 202 g/mol. The Bertz CT molecular complexity index is 313. The van der Waals surface area contributed by atoms with Gasteiger partial charge < -0.3 is 11.5 Å². The second-order valence-electron chi connectivity index (χ2n) is 1.91. The minimum absolute atomic E-state index is 0.0612. The lowest BCUT2D eigenvalue weighted by Crippen LogP contribution is -2.21. The molecule has 0 spiro atoms. The molecule has 12 heavy (non-hydrogen) atoms. The van der Waals surface area contributed by atoms with Crippen molar-refractivity contribution >= 4 is 35.1 Å². The maximum Gasteiger partial charge on any atom is 0.211 e. The zero-order chi connectivity index (χ0) is 8.97. The molecule has 0 atom stereocenters. The molecule has 64 valence electrons. The molecule has 0 saturated carbocycles. The summed E-state index contributed by atoms with van der Waals surface area (Å²) in [6, 6.07) is 3.61. The van der Waals surface area contributed by atoms with Crippen molar-refractivity contribution in [2.75, 3.05) is 0 Å². The van der Waals surface area contributed by atoms with Crippen LogP contribution in [0.1, 0.15) is 4.88 Å². The molecular weight excluding hydrogens is 196 g/mol. The molecule has 0 saturated heterocycles. The number of nitrogens with two attached hydrogens (primary N) is 2. The average molecular weight is 203 g/mol. The average Bonchev–Trinajstić information content (AvgIpc) is 2.35. The van der Waals surface area contributed by atoms with Gasteiger partial charge in [0.2, 0.25) is 5.96 Å². The molecule has 0 bridgehead atoms. The summed E-state index contributed by atoms with van der Waals surface area (Å²) in [6.07, 6.45) is 1.54. The fourth-order valence-corrected chi connectivity index (χ4v) is 1.48. The lowest BCUT2D eigenvalue weighted by molar-refractivity contribution is 1.22. The van der Waals surface area contributed by atoms with Gasteiger partial charge in [0.1, 0.15) is 0 Å². The van der Waals surface area contributed by atoms with Crippen molar-refractivity contribution in [3.8, 4) is 0 Å². The summed E-state index contributed by atoms with van der Waals surface area (Å²) in [4.78, 5) is 0.907. The summed E-state index contributed by atoms with van der Waals surface area (Å²) in [7, 11) is 0. The van der Waals surface area contributed by atoms with E-state index in [1.54, 1.807) is 6.07 Å². The Hall–Kier alpha value is -1.07. The van der Waals surface area contributed by atoms with Gasteiger partial charge in [0.15, 0.2) is 0 Å². The molecule has 0 aliphatic heterocycles. The molecule has 0 amide bonds. The van der Waals surface area contributed by atoms with Gasteiger partial charge in [-0.1, -0.05) is 11.6 Å². The maximum atomic E-state index is 5.67. The first kappa shape index (κ1) is 9.02. The lowest BCUT2D eigenvalue weighted by atomic mass is 10.5. The van der Waals surface area contributed by atoms with Crippen LogP contribution in [0, 0.1) is 0 Å². The highest BCUT2D eigenvalue weighted by atomic mass is 35.5. The van der Waals surface area contributed by atoms with Gasteiger partial charge in [-0.05, 0) is 12.1 Å². The van der Waals surface area contributed by atoms with E-state index < -0.39 is 0 Å². The van der Waals surface area contributed by atoms with E-state index >= 15 is 0 Å². The second-order valence-corrected chi connectivity index (χ2v) is 3.66. The summed E-state index contributed by atoms with van der Waals surface area (Å²) < 4.78 is 0.709. The Kier molecular flexibility index (Phi) is 3.07. The number of hydrogen-bond acceptors (Lipinski definition) is 3. The molecule has 4 N–H and O–H groups in total. The molecule has 1 heterocycles. The largest absolute Gasteiger partial charge is 0.369 e. The van der Waals surface area contributed by atoms with Crippen LogP contribution in [0.25, 0.3) is 0 Å². The highest BCUT2D eigenvalue weighted by Gasteiger charge is 1.92. The molecule has 1 aromatic rings. The minimum Gasteiger partial charge on any atom is -0.369 e. The summed E-state index contributed by atoms with van der Waals surface area (Å²) in [5.74, 6) is -0.0612. The van der Waals surface area contributed by atoms with Crippen LogP contribution in [0.4, 0.5) is 0 Å². The lowest BCUT2D eigenvalue weighted by Gasteiger charge is -1.82. The van der Waals surface area contributed by atoms with Gasteiger partial charge >= 0.3 is 0 Å². The van der Waals surface area contributed by atoms with Gasteiger partial charge in [-0.25, -0.2) is 0 Å². The Morgan fingerprint density at radius 1 is 1.50 bits per heavy atom. The Morgan fingerprint density at radius 3 is 2.75 bits per heavy atom. The molecule has 0 unspecified atom stereocenters. The van der Waals surface area contributed by atoms with Crippen LogP contribution in [0.2, 0.25) is 4.34 Å². The number of guanidine groups is 1. The number of rotatable bonds is 2. The van der Waals surface area contributed by atoms with E-state index in [2.05, 4.69) is 10.2 Å². The molecular formula is C6H7ClN4S. The Morgan fingerprint density at radius 2 is 2.25 bits per heavy atom. The van der Waals surface area contributed by atoms with Crippen LogP contribution in [0.15, 0.2) is 22.3 Å². The van der Waals surface area contributed by atoms with Gasteiger partial charge in [0, 0.05) is 4.88 Å². The molecule has 0 aliphatic carbocycles. The summed E-state index contributed by atoms with van der Waals surface area (Å²) >= 11 is 7.08. The molecule has 6 heteroatoms. The topological polar surface area (TPSA) is 76.8 Å². The number of thiophene rings is 1. The predicted octanol–water partition coefficient (Wildman–Crippen LogP) is 1.01. The van der Waals surface area contributed by atoms with Crippen LogP contribution in [0.5, 0.6) is 0 Å². The Balaban J connectivity index is 2.64. The third-order valence-corrected chi connectivity index (χ3v) is 2.12. The van der Waals surface area contributed by atoms with Crippen molar-refractivity contribution in [2.24, 2.45) is 21.7 Å². The van der Waals surface area contributed by atoms with E-state index in [9.17, 15) is 0 Å². The van der Waals surface area contributed by atoms with E-state index in [-0.39, 0.29) is 5.96 Å². The SMILES string of the molecule is NC(N)=NN=Cc1ccc(Cl)s1. The van der Waals surface area contributed by atoms with Crippen LogP contribution in [-0.4, -0.2) is 12.2 Å². The second kappa shape index (κ2) is 4.08. The van der Waals surface area contributed by atoms with Gasteiger partial charge in [-0.2, -0.15) is 5.10 Å². The molecule has 0 aliphatic rings. The predicted molar refractivity (Wildman–Crippen MR) is 52.7 cm³/mol. The Labute approximate surface area is 78.5 Å². The fraction of sp³-hybridized carbons (Fsp3) is 0. The van der Waals surface area contributed by atoms with Crippen molar-refractivity contribution in [3.63, 3.8) is 0 Å². The highest BCUT2D eigenvalue weighted by molar-refractivity contribution is 7.17. The van der Waals surface area contributed by atoms with Crippen LogP contribution in [-0.2, 0) is 0 Å². The van der Waals surface area contributed by atoms with Crippen molar-refractivity contribution in [1.82, 2.24) is 0 Å². The van der Waals surface area contributed by atoms with Crippen LogP contribution < -0.4 is 11.5 Å². The van der Waals surface area contributed by atoms with Gasteiger partial charge in [0.25, 0.3) is 0 Å². The molecule has 0 aromatic carbocycles. The van der Waals surface area contributed by atoms with Crippen molar-refractivity contribution in [3.05, 3.63) is 21.3 Å². The van der Waals surface area contributed by atoms with Crippen molar-refractivity contribution < 1.29 is 0 Å². The van der Waals surface area contributed by atoms with Crippen molar-refractivity contribution in [2.45, 2.75) is 0 Å². The first-order valence-electron chi connectivity index (χ1n) is 3.06. The minimum atomic E-state index is -0.0612. The third-order valence-electron chi connectivity index (χ3n) is 0.952. The summed E-state index contributed by atoms with van der Waals surface area (Å²) in [6.45, 7) is 0. The molecule has 4 nitrogen and oxygen atoms in total. The van der Waals surface area contributed by atoms with E-state index in [1.807, 2.05) is 6.07 Å². The molecule has 0 radical (unpaired) electrons. The smallest absolute Gasteiger partial charge is 0.211 e. The molecule has 0 fully saturated rings. The molecule has 1 aromatic heterocycles. The third kappa shape index (κ3) is 2.89. The zero-order valence-corrected chi connectivity index (χ0v) is 7.64. The zero-order valence-electron chi connectivity index (χ0n) is 6.07. The van der Waals surface area contributed by atoms with E-state index in [0.29, 0.717) is 4.34 Å². The number of halogens is 1. The van der Waals surface area contributed by atoms with E-state index in [4.69, 9.17) is 23.1 Å². The van der Waals surface area contributed by atoms with E-state index in [0.717, 1.165) is 4.88 Å². The molecule has 1 rings (SSSR count). The van der Waals surface area contributed by atoms with E-state index in [1.165, 1.54) is 17.6 Å². The fourth-order valence-electron chi connectivity index (χ4n) is 0.550. The summed E-state index contributed by atoms with van der Waals surface area (Å²) in [5, 5.41) is 7.05. The van der Waals surface area contributed by atoms with Gasteiger partial charge in [-0.3, -0.25) is 0 Å².